The Kier molecular flexibility index (Phi) is 5.46. The number of anilines is 2. The van der Waals surface area contributed by atoms with Crippen molar-refractivity contribution in [2.75, 3.05) is 30.9 Å². The molecule has 0 spiro atoms. The van der Waals surface area contributed by atoms with Gasteiger partial charge in [-0.15, -0.1) is 0 Å². The molecule has 0 amide bonds. The van der Waals surface area contributed by atoms with Crippen molar-refractivity contribution in [3.8, 4) is 5.75 Å². The van der Waals surface area contributed by atoms with Crippen LogP contribution >= 0.6 is 0 Å². The number of ether oxygens (including phenoxy) is 1. The molecule has 136 valence electrons. The minimum Gasteiger partial charge on any atom is -0.493 e. The predicted molar refractivity (Wildman–Crippen MR) is 101 cm³/mol. The summed E-state index contributed by atoms with van der Waals surface area (Å²) in [6, 6.07) is 8.39. The molecule has 6 nitrogen and oxygen atoms in total. The first-order chi connectivity index (χ1) is 12.6. The number of pyridine rings is 1. The topological polar surface area (TPSA) is 63.2 Å². The van der Waals surface area contributed by atoms with Crippen molar-refractivity contribution in [3.63, 3.8) is 0 Å². The van der Waals surface area contributed by atoms with E-state index in [2.05, 4.69) is 20.3 Å². The fraction of sp³-hybridized carbons (Fsp3) is 0.316. The Morgan fingerprint density at radius 2 is 2.04 bits per heavy atom. The molecular weight excluding hydrogens is 333 g/mol. The van der Waals surface area contributed by atoms with Crippen LogP contribution in [0.2, 0.25) is 0 Å². The molecule has 1 aromatic carbocycles. The molecule has 1 N–H and O–H groups in total. The fourth-order valence-corrected chi connectivity index (χ4v) is 2.69. The number of rotatable bonds is 7. The third-order valence-corrected chi connectivity index (χ3v) is 3.99. The lowest BCUT2D eigenvalue weighted by Gasteiger charge is -2.21. The van der Waals surface area contributed by atoms with Gasteiger partial charge in [-0.1, -0.05) is 6.92 Å². The van der Waals surface area contributed by atoms with E-state index in [-0.39, 0.29) is 5.82 Å². The van der Waals surface area contributed by atoms with Crippen LogP contribution in [-0.2, 0) is 6.54 Å². The normalized spacial score (nSPS) is 10.8. The maximum atomic E-state index is 13.7. The minimum absolute atomic E-state index is 0.283. The van der Waals surface area contributed by atoms with E-state index in [1.807, 2.05) is 31.0 Å². The van der Waals surface area contributed by atoms with E-state index in [1.54, 1.807) is 13.1 Å². The smallest absolute Gasteiger partial charge is 0.155 e. The predicted octanol–water partition coefficient (Wildman–Crippen LogP) is 3.63. The average molecular weight is 355 g/mol. The van der Waals surface area contributed by atoms with Crippen molar-refractivity contribution in [2.24, 2.45) is 0 Å². The largest absolute Gasteiger partial charge is 0.493 e. The number of halogens is 1. The van der Waals surface area contributed by atoms with Crippen molar-refractivity contribution in [1.82, 2.24) is 15.0 Å². The van der Waals surface area contributed by atoms with E-state index in [9.17, 15) is 4.39 Å². The molecule has 0 atom stereocenters. The molecule has 0 saturated carbocycles. The lowest BCUT2D eigenvalue weighted by Crippen LogP contribution is -2.18. The lowest BCUT2D eigenvalue weighted by atomic mass is 10.2. The molecule has 0 unspecified atom stereocenters. The van der Waals surface area contributed by atoms with Crippen LogP contribution in [-0.4, -0.2) is 35.7 Å². The molecule has 2 heterocycles. The second-order valence-electron chi connectivity index (χ2n) is 5.97. The van der Waals surface area contributed by atoms with Crippen molar-refractivity contribution in [3.05, 3.63) is 48.0 Å². The second kappa shape index (κ2) is 7.95. The van der Waals surface area contributed by atoms with Gasteiger partial charge in [0.15, 0.2) is 5.82 Å². The highest BCUT2D eigenvalue weighted by Crippen LogP contribution is 2.25. The van der Waals surface area contributed by atoms with Gasteiger partial charge in [0.25, 0.3) is 0 Å². The molecule has 3 rings (SSSR count). The number of nitrogens with one attached hydrogen (secondary N) is 1. The van der Waals surface area contributed by atoms with E-state index < -0.39 is 0 Å². The average Bonchev–Trinajstić information content (AvgIpc) is 2.66. The van der Waals surface area contributed by atoms with Gasteiger partial charge < -0.3 is 15.0 Å². The van der Waals surface area contributed by atoms with Crippen LogP contribution < -0.4 is 15.0 Å². The number of hydrogen-bond donors (Lipinski definition) is 1. The summed E-state index contributed by atoms with van der Waals surface area (Å²) < 4.78 is 19.5. The van der Waals surface area contributed by atoms with E-state index in [4.69, 9.17) is 4.74 Å². The summed E-state index contributed by atoms with van der Waals surface area (Å²) in [5.74, 6) is 1.83. The monoisotopic (exact) mass is 355 g/mol. The van der Waals surface area contributed by atoms with Gasteiger partial charge in [-0.3, -0.25) is 0 Å². The summed E-state index contributed by atoms with van der Waals surface area (Å²) in [5, 5.41) is 3.02. The molecule has 26 heavy (non-hydrogen) atoms. The van der Waals surface area contributed by atoms with Crippen molar-refractivity contribution in [1.29, 1.82) is 0 Å². The van der Waals surface area contributed by atoms with Crippen LogP contribution in [0, 0.1) is 5.82 Å². The maximum Gasteiger partial charge on any atom is 0.155 e. The molecule has 0 aliphatic carbocycles. The van der Waals surface area contributed by atoms with Crippen molar-refractivity contribution in [2.45, 2.75) is 19.9 Å². The summed E-state index contributed by atoms with van der Waals surface area (Å²) >= 11 is 0. The van der Waals surface area contributed by atoms with Gasteiger partial charge in [0.05, 0.1) is 12.1 Å². The zero-order valence-corrected chi connectivity index (χ0v) is 15.2. The Labute approximate surface area is 152 Å². The molecule has 3 aromatic rings. The second-order valence-corrected chi connectivity index (χ2v) is 5.97. The molecule has 7 heteroatoms. The van der Waals surface area contributed by atoms with Gasteiger partial charge in [0.1, 0.15) is 29.2 Å². The highest BCUT2D eigenvalue weighted by Gasteiger charge is 2.12. The first-order valence-electron chi connectivity index (χ1n) is 8.54. The molecule has 0 radical (unpaired) electrons. The van der Waals surface area contributed by atoms with Gasteiger partial charge in [-0.2, -0.15) is 0 Å². The molecule has 0 saturated heterocycles. The van der Waals surface area contributed by atoms with Gasteiger partial charge in [0, 0.05) is 26.2 Å². The third-order valence-electron chi connectivity index (χ3n) is 3.99. The molecule has 0 aliphatic rings. The van der Waals surface area contributed by atoms with E-state index >= 15 is 0 Å². The standard InChI is InChI=1S/C19H22FN5O/c1-4-9-26-16-7-5-14(20)10-13(16)11-25(3)17-8-6-15-18(24-17)19(21-2)23-12-22-15/h5-8,10,12H,4,9,11H2,1-3H3,(H,21,22,23). The molecule has 2 aromatic heterocycles. The number of nitrogens with zero attached hydrogens (tertiary/aromatic N) is 4. The quantitative estimate of drug-likeness (QED) is 0.698. The Morgan fingerprint density at radius 1 is 1.19 bits per heavy atom. The SMILES string of the molecule is CCCOc1ccc(F)cc1CN(C)c1ccc2ncnc(NC)c2n1. The van der Waals surface area contributed by atoms with Gasteiger partial charge >= 0.3 is 0 Å². The summed E-state index contributed by atoms with van der Waals surface area (Å²) in [7, 11) is 3.70. The number of aromatic nitrogens is 3. The number of benzene rings is 1. The Morgan fingerprint density at radius 3 is 2.81 bits per heavy atom. The first kappa shape index (κ1) is 17.8. The van der Waals surface area contributed by atoms with Crippen molar-refractivity contribution >= 4 is 22.7 Å². The highest BCUT2D eigenvalue weighted by atomic mass is 19.1. The highest BCUT2D eigenvalue weighted by molar-refractivity contribution is 5.86. The minimum atomic E-state index is -0.283. The van der Waals surface area contributed by atoms with Crippen LogP contribution in [0.3, 0.4) is 0 Å². The summed E-state index contributed by atoms with van der Waals surface area (Å²) in [6.07, 6.45) is 2.40. The summed E-state index contributed by atoms with van der Waals surface area (Å²) in [6.45, 7) is 3.10. The lowest BCUT2D eigenvalue weighted by molar-refractivity contribution is 0.313. The van der Waals surface area contributed by atoms with Crippen molar-refractivity contribution < 1.29 is 9.13 Å². The summed E-state index contributed by atoms with van der Waals surface area (Å²) in [5.41, 5.74) is 2.24. The van der Waals surface area contributed by atoms with Gasteiger partial charge in [-0.05, 0) is 36.8 Å². The number of hydrogen-bond acceptors (Lipinski definition) is 6. The maximum absolute atomic E-state index is 13.7. The Balaban J connectivity index is 1.89. The third kappa shape index (κ3) is 3.82. The molecule has 0 fully saturated rings. The Hall–Kier alpha value is -2.96. The zero-order chi connectivity index (χ0) is 18.5. The van der Waals surface area contributed by atoms with Crippen LogP contribution in [0.5, 0.6) is 5.75 Å². The van der Waals surface area contributed by atoms with Crippen LogP contribution in [0.25, 0.3) is 11.0 Å². The van der Waals surface area contributed by atoms with Gasteiger partial charge in [0.2, 0.25) is 0 Å². The van der Waals surface area contributed by atoms with Crippen LogP contribution in [0.4, 0.5) is 16.0 Å². The van der Waals surface area contributed by atoms with E-state index in [1.165, 1.54) is 18.5 Å². The molecule has 0 bridgehead atoms. The van der Waals surface area contributed by atoms with E-state index in [0.29, 0.717) is 30.2 Å². The summed E-state index contributed by atoms with van der Waals surface area (Å²) in [4.78, 5) is 15.0. The number of fused-ring (bicyclic) bond motifs is 1. The molecular formula is C19H22FN5O. The van der Waals surface area contributed by atoms with E-state index in [0.717, 1.165) is 23.3 Å². The Bertz CT molecular complexity index is 902. The fourth-order valence-electron chi connectivity index (χ4n) is 2.69. The zero-order valence-electron chi connectivity index (χ0n) is 15.2. The van der Waals surface area contributed by atoms with Gasteiger partial charge in [-0.25, -0.2) is 19.3 Å². The van der Waals surface area contributed by atoms with Crippen LogP contribution in [0.1, 0.15) is 18.9 Å². The van der Waals surface area contributed by atoms with Crippen LogP contribution in [0.15, 0.2) is 36.7 Å². The first-order valence-corrected chi connectivity index (χ1v) is 8.54. The molecule has 0 aliphatic heterocycles.